The molecule has 19 heavy (non-hydrogen) atoms. The van der Waals surface area contributed by atoms with E-state index in [1.54, 1.807) is 13.0 Å². The van der Waals surface area contributed by atoms with Crippen molar-refractivity contribution in [2.45, 2.75) is 6.92 Å². The third kappa shape index (κ3) is 2.86. The molecule has 1 aromatic carbocycles. The van der Waals surface area contributed by atoms with Gasteiger partial charge in [0.25, 0.3) is 5.91 Å². The fourth-order valence-corrected chi connectivity index (χ4v) is 2.03. The Labute approximate surface area is 111 Å². The Kier molecular flexibility index (Phi) is 3.43. The number of phenolic OH excluding ortho intramolecular Hbond substituents is 1. The van der Waals surface area contributed by atoms with Gasteiger partial charge >= 0.3 is 5.00 Å². The second-order valence-corrected chi connectivity index (χ2v) is 4.74. The highest BCUT2D eigenvalue weighted by molar-refractivity contribution is 7.18. The molecular weight excluding hydrogens is 270 g/mol. The number of aromatic hydroxyl groups is 1. The molecule has 0 radical (unpaired) electrons. The Balaban J connectivity index is 2.20. The fraction of sp³-hybridized carbons (Fsp3) is 0.0909. The number of aryl methyl sites for hydroxylation is 1. The van der Waals surface area contributed by atoms with Gasteiger partial charge in [0.2, 0.25) is 0 Å². The second kappa shape index (κ2) is 5.02. The molecule has 0 atom stereocenters. The summed E-state index contributed by atoms with van der Waals surface area (Å²) >= 11 is 0.750. The lowest BCUT2D eigenvalue weighted by Gasteiger charge is -2.04. The molecule has 2 N–H and O–H groups in total. The summed E-state index contributed by atoms with van der Waals surface area (Å²) in [6.45, 7) is 1.78. The van der Waals surface area contributed by atoms with Gasteiger partial charge in [0.05, 0.1) is 10.5 Å². The first kappa shape index (κ1) is 13.0. The fourth-order valence-electron chi connectivity index (χ4n) is 1.40. The van der Waals surface area contributed by atoms with Crippen LogP contribution in [0.15, 0.2) is 24.4 Å². The molecule has 7 nitrogen and oxygen atoms in total. The van der Waals surface area contributed by atoms with Gasteiger partial charge in [-0.1, -0.05) is 11.6 Å². The number of hydrogen-bond donors (Lipinski definition) is 2. The number of carbonyl (C=O) groups is 1. The number of benzene rings is 1. The lowest BCUT2D eigenvalue weighted by molar-refractivity contribution is -0.380. The highest BCUT2D eigenvalue weighted by Crippen LogP contribution is 2.26. The van der Waals surface area contributed by atoms with Crippen molar-refractivity contribution in [2.75, 3.05) is 5.32 Å². The van der Waals surface area contributed by atoms with Crippen LogP contribution in [0.3, 0.4) is 0 Å². The van der Waals surface area contributed by atoms with E-state index in [1.807, 2.05) is 0 Å². The van der Waals surface area contributed by atoms with Crippen molar-refractivity contribution < 1.29 is 14.8 Å². The van der Waals surface area contributed by atoms with Crippen LogP contribution in [0.25, 0.3) is 0 Å². The number of aromatic nitrogens is 1. The molecule has 0 spiro atoms. The Morgan fingerprint density at radius 3 is 2.89 bits per heavy atom. The molecular formula is C11H9N3O4S. The Hall–Kier alpha value is -2.48. The number of carbonyl (C=O) groups excluding carboxylic acids is 1. The van der Waals surface area contributed by atoms with Crippen LogP contribution in [-0.4, -0.2) is 20.9 Å². The molecule has 1 amide bonds. The molecule has 0 aliphatic carbocycles. The van der Waals surface area contributed by atoms with Crippen molar-refractivity contribution in [3.05, 3.63) is 45.6 Å². The number of anilines is 1. The van der Waals surface area contributed by atoms with Crippen LogP contribution in [0.2, 0.25) is 0 Å². The monoisotopic (exact) mass is 279 g/mol. The number of nitro groups is 1. The quantitative estimate of drug-likeness (QED) is 0.662. The van der Waals surface area contributed by atoms with Gasteiger partial charge in [-0.2, -0.15) is 0 Å². The number of rotatable bonds is 3. The summed E-state index contributed by atoms with van der Waals surface area (Å²) in [7, 11) is 0. The Bertz CT molecular complexity index is 653. The van der Waals surface area contributed by atoms with E-state index >= 15 is 0 Å². The molecule has 0 aliphatic rings. The van der Waals surface area contributed by atoms with Gasteiger partial charge in [-0.25, -0.2) is 4.98 Å². The molecule has 98 valence electrons. The van der Waals surface area contributed by atoms with Crippen molar-refractivity contribution in [3.63, 3.8) is 0 Å². The highest BCUT2D eigenvalue weighted by Gasteiger charge is 2.16. The first-order chi connectivity index (χ1) is 8.97. The summed E-state index contributed by atoms with van der Waals surface area (Å²) in [4.78, 5) is 25.5. The third-order valence-corrected chi connectivity index (χ3v) is 3.16. The van der Waals surface area contributed by atoms with Gasteiger partial charge in [0.1, 0.15) is 11.9 Å². The largest absolute Gasteiger partial charge is 0.507 e. The van der Waals surface area contributed by atoms with Gasteiger partial charge in [0.15, 0.2) is 5.13 Å². The number of phenols is 1. The smallest absolute Gasteiger partial charge is 0.345 e. The number of amides is 1. The van der Waals surface area contributed by atoms with Crippen molar-refractivity contribution >= 4 is 27.4 Å². The predicted octanol–water partition coefficient (Wildman–Crippen LogP) is 2.32. The third-order valence-electron chi connectivity index (χ3n) is 2.29. The van der Waals surface area contributed by atoms with Gasteiger partial charge in [-0.05, 0) is 30.4 Å². The normalized spacial score (nSPS) is 10.2. The second-order valence-electron chi connectivity index (χ2n) is 3.74. The van der Waals surface area contributed by atoms with Gasteiger partial charge in [0, 0.05) is 0 Å². The summed E-state index contributed by atoms with van der Waals surface area (Å²) in [6.07, 6.45) is 1.07. The minimum atomic E-state index is -0.586. The van der Waals surface area contributed by atoms with Crippen LogP contribution in [0.5, 0.6) is 5.75 Å². The SMILES string of the molecule is Cc1ccc(O)c(C(=O)Nc2ncc([N+](=O)[O-])s2)c1. The van der Waals surface area contributed by atoms with E-state index < -0.39 is 10.8 Å². The highest BCUT2D eigenvalue weighted by atomic mass is 32.1. The summed E-state index contributed by atoms with van der Waals surface area (Å²) in [5.41, 5.74) is 0.908. The zero-order valence-electron chi connectivity index (χ0n) is 9.78. The van der Waals surface area contributed by atoms with E-state index in [0.717, 1.165) is 23.1 Å². The summed E-state index contributed by atoms with van der Waals surface area (Å²) < 4.78 is 0. The minimum Gasteiger partial charge on any atom is -0.507 e. The van der Waals surface area contributed by atoms with Crippen LogP contribution in [-0.2, 0) is 0 Å². The average Bonchev–Trinajstić information content (AvgIpc) is 2.80. The first-order valence-corrected chi connectivity index (χ1v) is 6.00. The van der Waals surface area contributed by atoms with E-state index in [4.69, 9.17) is 0 Å². The molecule has 2 aromatic rings. The number of nitrogens with one attached hydrogen (secondary N) is 1. The summed E-state index contributed by atoms with van der Waals surface area (Å²) in [5, 5.41) is 22.4. The van der Waals surface area contributed by atoms with Crippen LogP contribution >= 0.6 is 11.3 Å². The number of hydrogen-bond acceptors (Lipinski definition) is 6. The maximum absolute atomic E-state index is 11.9. The van der Waals surface area contributed by atoms with Crippen LogP contribution in [0, 0.1) is 17.0 Å². The van der Waals surface area contributed by atoms with Crippen LogP contribution in [0.1, 0.15) is 15.9 Å². The molecule has 1 aromatic heterocycles. The predicted molar refractivity (Wildman–Crippen MR) is 69.6 cm³/mol. The van der Waals surface area contributed by atoms with Crippen molar-refractivity contribution in [2.24, 2.45) is 0 Å². The van der Waals surface area contributed by atoms with E-state index in [0.29, 0.717) is 0 Å². The van der Waals surface area contributed by atoms with E-state index in [2.05, 4.69) is 10.3 Å². The van der Waals surface area contributed by atoms with E-state index in [-0.39, 0.29) is 21.4 Å². The maximum atomic E-state index is 11.9. The van der Waals surface area contributed by atoms with E-state index in [1.165, 1.54) is 12.1 Å². The molecule has 0 bridgehead atoms. The lowest BCUT2D eigenvalue weighted by Crippen LogP contribution is -2.12. The molecule has 0 saturated heterocycles. The Morgan fingerprint density at radius 2 is 2.26 bits per heavy atom. The standard InChI is InChI=1S/C11H9N3O4S/c1-6-2-3-8(15)7(4-6)10(16)13-11-12-5-9(19-11)14(17)18/h2-5,15H,1H3,(H,12,13,16). The van der Waals surface area contributed by atoms with Crippen molar-refractivity contribution in [3.8, 4) is 5.75 Å². The molecule has 0 unspecified atom stereocenters. The Morgan fingerprint density at radius 1 is 1.53 bits per heavy atom. The molecule has 2 rings (SSSR count). The van der Waals surface area contributed by atoms with Gasteiger partial charge in [-0.3, -0.25) is 20.2 Å². The zero-order chi connectivity index (χ0) is 14.0. The van der Waals surface area contributed by atoms with E-state index in [9.17, 15) is 20.0 Å². The van der Waals surface area contributed by atoms with Crippen molar-refractivity contribution in [1.82, 2.24) is 4.98 Å². The van der Waals surface area contributed by atoms with Crippen molar-refractivity contribution in [1.29, 1.82) is 0 Å². The number of nitrogens with zero attached hydrogens (tertiary/aromatic N) is 2. The molecule has 0 saturated carbocycles. The molecule has 0 aliphatic heterocycles. The molecule has 1 heterocycles. The molecule has 8 heteroatoms. The summed E-state index contributed by atoms with van der Waals surface area (Å²) in [6, 6.07) is 4.60. The minimum absolute atomic E-state index is 0.0952. The van der Waals surface area contributed by atoms with Crippen LogP contribution in [0.4, 0.5) is 10.1 Å². The van der Waals surface area contributed by atoms with Gasteiger partial charge < -0.3 is 5.11 Å². The lowest BCUT2D eigenvalue weighted by atomic mass is 10.1. The van der Waals surface area contributed by atoms with Crippen LogP contribution < -0.4 is 5.32 Å². The topological polar surface area (TPSA) is 105 Å². The maximum Gasteiger partial charge on any atom is 0.345 e. The number of thiazole rings is 1. The molecule has 0 fully saturated rings. The summed E-state index contributed by atoms with van der Waals surface area (Å²) in [5.74, 6) is -0.723. The first-order valence-electron chi connectivity index (χ1n) is 5.18. The average molecular weight is 279 g/mol. The zero-order valence-corrected chi connectivity index (χ0v) is 10.6. The van der Waals surface area contributed by atoms with Gasteiger partial charge in [-0.15, -0.1) is 0 Å².